The molecule has 0 aliphatic rings. The van der Waals surface area contributed by atoms with Crippen molar-refractivity contribution < 1.29 is 9.47 Å². The summed E-state index contributed by atoms with van der Waals surface area (Å²) >= 11 is 5.06. The van der Waals surface area contributed by atoms with E-state index in [1.54, 1.807) is 26.5 Å². The second-order valence-electron chi connectivity index (χ2n) is 4.14. The SMILES string of the molecule is COc1cc(/C=N/NC(=S)NC(C)C)cc(OC)c1. The van der Waals surface area contributed by atoms with E-state index in [-0.39, 0.29) is 6.04 Å². The highest BCUT2D eigenvalue weighted by molar-refractivity contribution is 7.80. The van der Waals surface area contributed by atoms with Gasteiger partial charge in [0.1, 0.15) is 11.5 Å². The highest BCUT2D eigenvalue weighted by Gasteiger charge is 2.00. The van der Waals surface area contributed by atoms with E-state index in [9.17, 15) is 0 Å². The molecule has 5 nitrogen and oxygen atoms in total. The van der Waals surface area contributed by atoms with Crippen LogP contribution in [-0.2, 0) is 0 Å². The molecule has 0 amide bonds. The molecule has 0 aliphatic carbocycles. The van der Waals surface area contributed by atoms with Crippen LogP contribution in [0.15, 0.2) is 23.3 Å². The fraction of sp³-hybridized carbons (Fsp3) is 0.385. The van der Waals surface area contributed by atoms with Crippen LogP contribution < -0.4 is 20.2 Å². The van der Waals surface area contributed by atoms with E-state index in [0.717, 1.165) is 5.56 Å². The summed E-state index contributed by atoms with van der Waals surface area (Å²) in [6.07, 6.45) is 1.65. The number of thiocarbonyl (C=S) groups is 1. The van der Waals surface area contributed by atoms with Gasteiger partial charge in [0, 0.05) is 17.7 Å². The Morgan fingerprint density at radius 3 is 2.26 bits per heavy atom. The predicted octanol–water partition coefficient (Wildman–Crippen LogP) is 1.91. The summed E-state index contributed by atoms with van der Waals surface area (Å²) in [5.74, 6) is 1.42. The summed E-state index contributed by atoms with van der Waals surface area (Å²) in [5.41, 5.74) is 3.60. The number of methoxy groups -OCH3 is 2. The van der Waals surface area contributed by atoms with Gasteiger partial charge in [0.05, 0.1) is 20.4 Å². The van der Waals surface area contributed by atoms with Crippen LogP contribution >= 0.6 is 12.2 Å². The van der Waals surface area contributed by atoms with Crippen LogP contribution in [0.5, 0.6) is 11.5 Å². The van der Waals surface area contributed by atoms with E-state index in [1.165, 1.54) is 0 Å². The molecule has 2 N–H and O–H groups in total. The van der Waals surface area contributed by atoms with Crippen LogP contribution in [0.4, 0.5) is 0 Å². The molecular weight excluding hydrogens is 262 g/mol. The van der Waals surface area contributed by atoms with Gasteiger partial charge >= 0.3 is 0 Å². The first-order chi connectivity index (χ1) is 9.05. The minimum atomic E-state index is 0.270. The van der Waals surface area contributed by atoms with Crippen molar-refractivity contribution in [1.29, 1.82) is 0 Å². The van der Waals surface area contributed by atoms with E-state index in [0.29, 0.717) is 16.6 Å². The molecule has 1 aromatic carbocycles. The maximum absolute atomic E-state index is 5.18. The number of nitrogens with zero attached hydrogens (tertiary/aromatic N) is 1. The second kappa shape index (κ2) is 7.58. The molecule has 0 saturated heterocycles. The molecule has 1 aromatic rings. The molecule has 0 atom stereocenters. The Hall–Kier alpha value is -1.82. The first kappa shape index (κ1) is 15.2. The van der Waals surface area contributed by atoms with E-state index < -0.39 is 0 Å². The molecule has 1 rings (SSSR count). The average Bonchev–Trinajstić information content (AvgIpc) is 2.37. The molecule has 0 aliphatic heterocycles. The van der Waals surface area contributed by atoms with Gasteiger partial charge in [-0.3, -0.25) is 5.43 Å². The minimum absolute atomic E-state index is 0.270. The van der Waals surface area contributed by atoms with Crippen LogP contribution in [-0.4, -0.2) is 31.6 Å². The highest BCUT2D eigenvalue weighted by atomic mass is 32.1. The van der Waals surface area contributed by atoms with Gasteiger partial charge < -0.3 is 14.8 Å². The third-order valence-electron chi connectivity index (χ3n) is 2.17. The lowest BCUT2D eigenvalue weighted by atomic mass is 10.2. The molecule has 0 fully saturated rings. The largest absolute Gasteiger partial charge is 0.497 e. The van der Waals surface area contributed by atoms with Crippen LogP contribution in [0.1, 0.15) is 19.4 Å². The van der Waals surface area contributed by atoms with E-state index in [2.05, 4.69) is 15.8 Å². The maximum Gasteiger partial charge on any atom is 0.187 e. The van der Waals surface area contributed by atoms with Crippen molar-refractivity contribution >= 4 is 23.5 Å². The molecule has 0 heterocycles. The second-order valence-corrected chi connectivity index (χ2v) is 4.55. The Bertz CT molecular complexity index is 439. The van der Waals surface area contributed by atoms with Gasteiger partial charge in [0.25, 0.3) is 0 Å². The molecule has 19 heavy (non-hydrogen) atoms. The predicted molar refractivity (Wildman–Crippen MR) is 81.1 cm³/mol. The first-order valence-electron chi connectivity index (χ1n) is 5.87. The van der Waals surface area contributed by atoms with Crippen molar-refractivity contribution in [2.45, 2.75) is 19.9 Å². The highest BCUT2D eigenvalue weighted by Crippen LogP contribution is 2.21. The van der Waals surface area contributed by atoms with Crippen molar-refractivity contribution in [3.63, 3.8) is 0 Å². The Morgan fingerprint density at radius 2 is 1.79 bits per heavy atom. The number of hydrogen-bond donors (Lipinski definition) is 2. The normalized spacial score (nSPS) is 10.6. The van der Waals surface area contributed by atoms with E-state index in [4.69, 9.17) is 21.7 Å². The summed E-state index contributed by atoms with van der Waals surface area (Å²) in [4.78, 5) is 0. The number of ether oxygens (including phenoxy) is 2. The smallest absolute Gasteiger partial charge is 0.187 e. The van der Waals surface area contributed by atoms with Crippen LogP contribution in [0.3, 0.4) is 0 Å². The molecule has 0 unspecified atom stereocenters. The zero-order valence-electron chi connectivity index (χ0n) is 11.6. The maximum atomic E-state index is 5.18. The molecule has 0 saturated carbocycles. The summed E-state index contributed by atoms with van der Waals surface area (Å²) in [6.45, 7) is 4.01. The van der Waals surface area contributed by atoms with Gasteiger partial charge in [-0.1, -0.05) is 0 Å². The Morgan fingerprint density at radius 1 is 1.21 bits per heavy atom. The number of nitrogens with one attached hydrogen (secondary N) is 2. The van der Waals surface area contributed by atoms with E-state index >= 15 is 0 Å². The summed E-state index contributed by atoms with van der Waals surface area (Å²) in [6, 6.07) is 5.78. The number of hydrogen-bond acceptors (Lipinski definition) is 4. The average molecular weight is 281 g/mol. The van der Waals surface area contributed by atoms with Crippen LogP contribution in [0.25, 0.3) is 0 Å². The topological polar surface area (TPSA) is 54.9 Å². The van der Waals surface area contributed by atoms with Gasteiger partial charge in [0.15, 0.2) is 5.11 Å². The number of rotatable bonds is 5. The van der Waals surface area contributed by atoms with E-state index in [1.807, 2.05) is 26.0 Å². The Kier molecular flexibility index (Phi) is 6.08. The molecule has 0 radical (unpaired) electrons. The summed E-state index contributed by atoms with van der Waals surface area (Å²) in [7, 11) is 3.21. The fourth-order valence-corrected chi connectivity index (χ4v) is 1.65. The van der Waals surface area contributed by atoms with Gasteiger partial charge in [-0.25, -0.2) is 0 Å². The molecule has 0 bridgehead atoms. The third kappa shape index (κ3) is 5.56. The standard InChI is InChI=1S/C13H19N3O2S/c1-9(2)15-13(19)16-14-8-10-5-11(17-3)7-12(6-10)18-4/h5-9H,1-4H3,(H2,15,16,19)/b14-8+. The lowest BCUT2D eigenvalue weighted by Gasteiger charge is -2.09. The summed E-state index contributed by atoms with van der Waals surface area (Å²) in [5, 5.41) is 7.57. The molecule has 0 spiro atoms. The summed E-state index contributed by atoms with van der Waals surface area (Å²) < 4.78 is 10.4. The minimum Gasteiger partial charge on any atom is -0.497 e. The van der Waals surface area contributed by atoms with Crippen molar-refractivity contribution in [2.75, 3.05) is 14.2 Å². The zero-order valence-corrected chi connectivity index (χ0v) is 12.4. The monoisotopic (exact) mass is 281 g/mol. The van der Waals surface area contributed by atoms with Gasteiger partial charge in [-0.2, -0.15) is 5.10 Å². The lowest BCUT2D eigenvalue weighted by Crippen LogP contribution is -2.36. The van der Waals surface area contributed by atoms with Crippen LogP contribution in [0.2, 0.25) is 0 Å². The molecule has 104 valence electrons. The fourth-order valence-electron chi connectivity index (χ4n) is 1.36. The first-order valence-corrected chi connectivity index (χ1v) is 6.28. The lowest BCUT2D eigenvalue weighted by molar-refractivity contribution is 0.394. The quantitative estimate of drug-likeness (QED) is 0.490. The molecular formula is C13H19N3O2S. The van der Waals surface area contributed by atoms with Crippen LogP contribution in [0, 0.1) is 0 Å². The van der Waals surface area contributed by atoms with Crippen molar-refractivity contribution in [1.82, 2.24) is 10.7 Å². The van der Waals surface area contributed by atoms with Gasteiger partial charge in [0.2, 0.25) is 0 Å². The Labute approximate surface area is 119 Å². The van der Waals surface area contributed by atoms with Gasteiger partial charge in [-0.05, 0) is 38.2 Å². The van der Waals surface area contributed by atoms with Gasteiger partial charge in [-0.15, -0.1) is 0 Å². The number of benzene rings is 1. The third-order valence-corrected chi connectivity index (χ3v) is 2.38. The Balaban J connectivity index is 2.68. The van der Waals surface area contributed by atoms with Crippen molar-refractivity contribution in [3.05, 3.63) is 23.8 Å². The zero-order chi connectivity index (χ0) is 14.3. The molecule has 0 aromatic heterocycles. The van der Waals surface area contributed by atoms with Crippen molar-refractivity contribution in [3.8, 4) is 11.5 Å². The number of hydrazone groups is 1. The molecule has 6 heteroatoms. The van der Waals surface area contributed by atoms with Crippen molar-refractivity contribution in [2.24, 2.45) is 5.10 Å².